The largest absolute Gasteiger partial charge is 0.462 e. The van der Waals surface area contributed by atoms with Crippen molar-refractivity contribution in [2.75, 3.05) is 19.7 Å². The first-order valence-electron chi connectivity index (χ1n) is 9.16. The van der Waals surface area contributed by atoms with Crippen LogP contribution in [0, 0.1) is 5.92 Å². The van der Waals surface area contributed by atoms with Crippen molar-refractivity contribution in [1.29, 1.82) is 0 Å². The van der Waals surface area contributed by atoms with Crippen LogP contribution in [0.3, 0.4) is 0 Å². The van der Waals surface area contributed by atoms with Crippen molar-refractivity contribution in [2.24, 2.45) is 5.92 Å². The minimum absolute atomic E-state index is 0.0185. The van der Waals surface area contributed by atoms with Gasteiger partial charge in [-0.3, -0.25) is 4.90 Å². The first-order chi connectivity index (χ1) is 12.2. The highest BCUT2D eigenvalue weighted by Gasteiger charge is 2.33. The van der Waals surface area contributed by atoms with E-state index in [-0.39, 0.29) is 5.56 Å². The van der Waals surface area contributed by atoms with Gasteiger partial charge >= 0.3 is 11.6 Å². The van der Waals surface area contributed by atoms with Crippen molar-refractivity contribution < 1.29 is 13.9 Å². The van der Waals surface area contributed by atoms with Crippen molar-refractivity contribution in [3.8, 4) is 0 Å². The molecule has 0 saturated carbocycles. The lowest BCUT2D eigenvalue weighted by Crippen LogP contribution is -2.49. The molecule has 0 radical (unpaired) electrons. The summed E-state index contributed by atoms with van der Waals surface area (Å²) in [4.78, 5) is 27.0. The number of rotatable bonds is 3. The second kappa shape index (κ2) is 7.00. The van der Waals surface area contributed by atoms with Gasteiger partial charge in [0.15, 0.2) is 0 Å². The summed E-state index contributed by atoms with van der Waals surface area (Å²) in [6.07, 6.45) is 5.93. The Labute approximate surface area is 146 Å². The Balaban J connectivity index is 1.47. The topological polar surface area (TPSA) is 59.8 Å². The zero-order chi connectivity index (χ0) is 17.2. The van der Waals surface area contributed by atoms with Gasteiger partial charge in [0, 0.05) is 17.3 Å². The third-order valence-electron chi connectivity index (χ3n) is 5.52. The summed E-state index contributed by atoms with van der Waals surface area (Å²) in [5, 5.41) is 0.727. The van der Waals surface area contributed by atoms with Crippen LogP contribution in [0.25, 0.3) is 11.0 Å². The summed E-state index contributed by atoms with van der Waals surface area (Å²) >= 11 is 0. The van der Waals surface area contributed by atoms with E-state index in [2.05, 4.69) is 4.90 Å². The molecule has 2 saturated heterocycles. The van der Waals surface area contributed by atoms with E-state index in [1.165, 1.54) is 19.3 Å². The standard InChI is InChI=1S/C20H23NO4/c22-19(16-12-14-6-1-2-9-18(14)25-20(16)23)24-13-15-7-5-11-21-10-4-3-8-17(15)21/h1-2,6,9,12,15,17H,3-5,7-8,10-11,13H2/t15-,17+/m1/s1. The zero-order valence-electron chi connectivity index (χ0n) is 14.3. The van der Waals surface area contributed by atoms with Crippen molar-refractivity contribution in [2.45, 2.75) is 38.1 Å². The quantitative estimate of drug-likeness (QED) is 0.634. The van der Waals surface area contributed by atoms with Crippen LogP contribution in [0.4, 0.5) is 0 Å². The Kier molecular flexibility index (Phi) is 4.57. The Hall–Kier alpha value is -2.14. The molecule has 0 aliphatic carbocycles. The van der Waals surface area contributed by atoms with E-state index >= 15 is 0 Å². The normalized spacial score (nSPS) is 24.0. The van der Waals surface area contributed by atoms with Crippen LogP contribution in [0.2, 0.25) is 0 Å². The molecule has 5 heteroatoms. The molecule has 2 aliphatic rings. The van der Waals surface area contributed by atoms with E-state index in [0.717, 1.165) is 31.3 Å². The Morgan fingerprint density at radius 3 is 2.92 bits per heavy atom. The van der Waals surface area contributed by atoms with Crippen LogP contribution in [-0.4, -0.2) is 36.6 Å². The van der Waals surface area contributed by atoms with E-state index in [1.54, 1.807) is 18.2 Å². The third-order valence-corrected chi connectivity index (χ3v) is 5.52. The van der Waals surface area contributed by atoms with Crippen LogP contribution >= 0.6 is 0 Å². The maximum atomic E-state index is 12.4. The lowest BCUT2D eigenvalue weighted by Gasteiger charge is -2.44. The minimum atomic E-state index is -0.633. The molecular formula is C20H23NO4. The van der Waals surface area contributed by atoms with Crippen LogP contribution in [0.1, 0.15) is 42.5 Å². The first kappa shape index (κ1) is 16.3. The first-order valence-corrected chi connectivity index (χ1v) is 9.16. The summed E-state index contributed by atoms with van der Waals surface area (Å²) in [5.41, 5.74) is -0.171. The number of benzene rings is 1. The molecule has 2 aliphatic heterocycles. The molecule has 25 heavy (non-hydrogen) atoms. The average molecular weight is 341 g/mol. The van der Waals surface area contributed by atoms with Crippen molar-refractivity contribution in [3.63, 3.8) is 0 Å². The van der Waals surface area contributed by atoms with Crippen molar-refractivity contribution in [1.82, 2.24) is 4.90 Å². The molecule has 0 spiro atoms. The SMILES string of the molecule is O=C(OC[C@H]1CCCN2CCCC[C@@H]12)c1cc2ccccc2oc1=O. The molecule has 1 aromatic carbocycles. The van der Waals surface area contributed by atoms with Gasteiger partial charge in [0.2, 0.25) is 0 Å². The summed E-state index contributed by atoms with van der Waals surface area (Å²) in [6, 6.07) is 9.25. The highest BCUT2D eigenvalue weighted by molar-refractivity contribution is 5.92. The minimum Gasteiger partial charge on any atom is -0.462 e. The molecule has 2 atom stereocenters. The Bertz CT molecular complexity index is 826. The molecule has 0 amide bonds. The van der Waals surface area contributed by atoms with E-state index in [4.69, 9.17) is 9.15 Å². The van der Waals surface area contributed by atoms with Crippen molar-refractivity contribution in [3.05, 3.63) is 46.3 Å². The molecule has 0 bridgehead atoms. The number of esters is 1. The molecule has 3 heterocycles. The van der Waals surface area contributed by atoms with E-state index < -0.39 is 11.6 Å². The second-order valence-electron chi connectivity index (χ2n) is 7.09. The number of carbonyl (C=O) groups is 1. The fraction of sp³-hybridized carbons (Fsp3) is 0.500. The highest BCUT2D eigenvalue weighted by Crippen LogP contribution is 2.31. The van der Waals surface area contributed by atoms with Gasteiger partial charge in [-0.1, -0.05) is 24.6 Å². The van der Waals surface area contributed by atoms with Gasteiger partial charge in [0.25, 0.3) is 0 Å². The van der Waals surface area contributed by atoms with Crippen LogP contribution in [0.5, 0.6) is 0 Å². The predicted octanol–water partition coefficient (Wildman–Crippen LogP) is 3.21. The molecule has 2 aromatic rings. The van der Waals surface area contributed by atoms with Crippen LogP contribution in [0.15, 0.2) is 39.5 Å². The lowest BCUT2D eigenvalue weighted by molar-refractivity contribution is 0.00716. The number of hydrogen-bond acceptors (Lipinski definition) is 5. The van der Waals surface area contributed by atoms with Crippen LogP contribution in [-0.2, 0) is 4.74 Å². The van der Waals surface area contributed by atoms with Gasteiger partial charge in [0.1, 0.15) is 11.1 Å². The zero-order valence-corrected chi connectivity index (χ0v) is 14.3. The van der Waals surface area contributed by atoms with Gasteiger partial charge in [-0.25, -0.2) is 9.59 Å². The fourth-order valence-electron chi connectivity index (χ4n) is 4.24. The molecule has 0 N–H and O–H groups in total. The van der Waals surface area contributed by atoms with Gasteiger partial charge in [-0.15, -0.1) is 0 Å². The van der Waals surface area contributed by atoms with Gasteiger partial charge < -0.3 is 9.15 Å². The lowest BCUT2D eigenvalue weighted by atomic mass is 9.84. The monoisotopic (exact) mass is 341 g/mol. The molecule has 2 fully saturated rings. The molecule has 1 aromatic heterocycles. The summed E-state index contributed by atoms with van der Waals surface area (Å²) in [5.74, 6) is -0.210. The summed E-state index contributed by atoms with van der Waals surface area (Å²) in [6.45, 7) is 2.69. The van der Waals surface area contributed by atoms with Gasteiger partial charge in [0.05, 0.1) is 6.61 Å². The molecule has 4 rings (SSSR count). The second-order valence-corrected chi connectivity index (χ2v) is 7.09. The molecule has 132 valence electrons. The maximum absolute atomic E-state index is 12.4. The van der Waals surface area contributed by atoms with Gasteiger partial charge in [-0.05, 0) is 50.9 Å². The fourth-order valence-corrected chi connectivity index (χ4v) is 4.24. The maximum Gasteiger partial charge on any atom is 0.351 e. The Morgan fingerprint density at radius 2 is 2.00 bits per heavy atom. The molecular weight excluding hydrogens is 318 g/mol. The Morgan fingerprint density at radius 1 is 1.16 bits per heavy atom. The van der Waals surface area contributed by atoms with E-state index in [1.807, 2.05) is 12.1 Å². The van der Waals surface area contributed by atoms with Crippen molar-refractivity contribution >= 4 is 16.9 Å². The number of hydrogen-bond donors (Lipinski definition) is 0. The average Bonchev–Trinajstić information content (AvgIpc) is 2.65. The molecule has 0 unspecified atom stereocenters. The number of carbonyl (C=O) groups excluding carboxylic acids is 1. The van der Waals surface area contributed by atoms with E-state index in [0.29, 0.717) is 24.1 Å². The number of para-hydroxylation sites is 1. The number of nitrogens with zero attached hydrogens (tertiary/aromatic N) is 1. The predicted molar refractivity (Wildman–Crippen MR) is 94.7 cm³/mol. The summed E-state index contributed by atoms with van der Waals surface area (Å²) in [7, 11) is 0. The summed E-state index contributed by atoms with van der Waals surface area (Å²) < 4.78 is 10.7. The van der Waals surface area contributed by atoms with Gasteiger partial charge in [-0.2, -0.15) is 0 Å². The third kappa shape index (κ3) is 3.33. The van der Waals surface area contributed by atoms with E-state index in [9.17, 15) is 9.59 Å². The molecule has 5 nitrogen and oxygen atoms in total. The number of fused-ring (bicyclic) bond motifs is 2. The number of ether oxygens (including phenoxy) is 1. The highest BCUT2D eigenvalue weighted by atomic mass is 16.5. The number of piperidine rings is 2. The van der Waals surface area contributed by atoms with Crippen LogP contribution < -0.4 is 5.63 Å². The smallest absolute Gasteiger partial charge is 0.351 e.